The molecule has 0 aromatic carbocycles. The molecular formula is C14H20N4O. The minimum Gasteiger partial charge on any atom is -0.343 e. The molecule has 1 saturated carbocycles. The molecule has 0 spiro atoms. The maximum atomic E-state index is 12.5. The first kappa shape index (κ1) is 12.6. The summed E-state index contributed by atoms with van der Waals surface area (Å²) in [5, 5.41) is 6.37. The molecule has 0 atom stereocenters. The zero-order chi connectivity index (χ0) is 13.3. The van der Waals surface area contributed by atoms with Gasteiger partial charge in [0.2, 0.25) is 5.91 Å². The van der Waals surface area contributed by atoms with E-state index < -0.39 is 5.54 Å². The molecule has 102 valence electrons. The molecule has 2 aliphatic rings. The van der Waals surface area contributed by atoms with Gasteiger partial charge in [-0.05, 0) is 50.9 Å². The number of amides is 1. The standard InChI is InChI=1S/C14H20N4O/c15-13(6-9-16-10-7-13)12(19)18-14(4-5-14)11-3-1-2-8-17-11/h1-3,8,16H,4-7,9-10,15H2,(H,18,19). The number of aromatic nitrogens is 1. The number of pyridine rings is 1. The van der Waals surface area contributed by atoms with Crippen molar-refractivity contribution in [3.8, 4) is 0 Å². The van der Waals surface area contributed by atoms with Crippen LogP contribution in [0.4, 0.5) is 0 Å². The maximum Gasteiger partial charge on any atom is 0.240 e. The van der Waals surface area contributed by atoms with E-state index >= 15 is 0 Å². The van der Waals surface area contributed by atoms with Crippen LogP contribution in [0.3, 0.4) is 0 Å². The second-order valence-corrected chi connectivity index (χ2v) is 5.66. The van der Waals surface area contributed by atoms with Gasteiger partial charge in [0.15, 0.2) is 0 Å². The van der Waals surface area contributed by atoms with E-state index in [-0.39, 0.29) is 11.4 Å². The summed E-state index contributed by atoms with van der Waals surface area (Å²) in [5.74, 6) is -0.0304. The predicted molar refractivity (Wildman–Crippen MR) is 72.3 cm³/mol. The number of nitrogens with zero attached hydrogens (tertiary/aromatic N) is 1. The highest BCUT2D eigenvalue weighted by atomic mass is 16.2. The van der Waals surface area contributed by atoms with E-state index in [1.165, 1.54) is 0 Å². The van der Waals surface area contributed by atoms with Gasteiger partial charge < -0.3 is 16.4 Å². The molecule has 19 heavy (non-hydrogen) atoms. The second kappa shape index (κ2) is 4.58. The van der Waals surface area contributed by atoms with E-state index in [0.29, 0.717) is 12.8 Å². The van der Waals surface area contributed by atoms with Gasteiger partial charge in [-0.3, -0.25) is 9.78 Å². The first-order chi connectivity index (χ1) is 9.15. The summed E-state index contributed by atoms with van der Waals surface area (Å²) in [6, 6.07) is 5.81. The summed E-state index contributed by atoms with van der Waals surface area (Å²) in [6.07, 6.45) is 5.05. The SMILES string of the molecule is NC1(C(=O)NC2(c3ccccn3)CC2)CCNCC1. The van der Waals surface area contributed by atoms with Gasteiger partial charge in [-0.1, -0.05) is 6.07 Å². The molecule has 0 bridgehead atoms. The Morgan fingerprint density at radius 3 is 2.58 bits per heavy atom. The fourth-order valence-electron chi connectivity index (χ4n) is 2.66. The number of hydrogen-bond donors (Lipinski definition) is 3. The summed E-state index contributed by atoms with van der Waals surface area (Å²) < 4.78 is 0. The molecule has 2 heterocycles. The van der Waals surface area contributed by atoms with E-state index in [1.807, 2.05) is 18.2 Å². The number of rotatable bonds is 3. The third-order valence-electron chi connectivity index (χ3n) is 4.21. The molecule has 5 nitrogen and oxygen atoms in total. The number of carbonyl (C=O) groups excluding carboxylic acids is 1. The minimum atomic E-state index is -0.727. The average Bonchev–Trinajstić information content (AvgIpc) is 3.21. The van der Waals surface area contributed by atoms with Crippen LogP contribution in [0.1, 0.15) is 31.4 Å². The van der Waals surface area contributed by atoms with Crippen LogP contribution in [-0.2, 0) is 10.3 Å². The van der Waals surface area contributed by atoms with Crippen LogP contribution in [-0.4, -0.2) is 29.5 Å². The first-order valence-corrected chi connectivity index (χ1v) is 6.88. The van der Waals surface area contributed by atoms with Gasteiger partial charge in [-0.25, -0.2) is 0 Å². The van der Waals surface area contributed by atoms with Crippen molar-refractivity contribution in [3.05, 3.63) is 30.1 Å². The number of piperidine rings is 1. The minimum absolute atomic E-state index is 0.0304. The molecule has 5 heteroatoms. The lowest BCUT2D eigenvalue weighted by Gasteiger charge is -2.34. The monoisotopic (exact) mass is 260 g/mol. The molecule has 2 fully saturated rings. The first-order valence-electron chi connectivity index (χ1n) is 6.88. The molecule has 0 radical (unpaired) electrons. The summed E-state index contributed by atoms with van der Waals surface area (Å²) in [5.41, 5.74) is 6.19. The Labute approximate surface area is 113 Å². The molecule has 1 aliphatic carbocycles. The van der Waals surface area contributed by atoms with E-state index in [0.717, 1.165) is 31.6 Å². The Bertz CT molecular complexity index is 464. The van der Waals surface area contributed by atoms with Crippen molar-refractivity contribution in [1.82, 2.24) is 15.6 Å². The maximum absolute atomic E-state index is 12.5. The smallest absolute Gasteiger partial charge is 0.240 e. The average molecular weight is 260 g/mol. The van der Waals surface area contributed by atoms with Crippen molar-refractivity contribution in [2.45, 2.75) is 36.8 Å². The summed E-state index contributed by atoms with van der Waals surface area (Å²) >= 11 is 0. The van der Waals surface area contributed by atoms with Crippen molar-refractivity contribution in [1.29, 1.82) is 0 Å². The van der Waals surface area contributed by atoms with Crippen LogP contribution in [0, 0.1) is 0 Å². The Morgan fingerprint density at radius 2 is 2.00 bits per heavy atom. The van der Waals surface area contributed by atoms with Crippen LogP contribution in [0.15, 0.2) is 24.4 Å². The fourth-order valence-corrected chi connectivity index (χ4v) is 2.66. The number of nitrogens with two attached hydrogens (primary N) is 1. The zero-order valence-corrected chi connectivity index (χ0v) is 11.0. The van der Waals surface area contributed by atoms with Crippen LogP contribution >= 0.6 is 0 Å². The van der Waals surface area contributed by atoms with Gasteiger partial charge in [0.1, 0.15) is 0 Å². The molecule has 3 rings (SSSR count). The topological polar surface area (TPSA) is 80.0 Å². The normalized spacial score (nSPS) is 23.6. The molecule has 1 aromatic heterocycles. The van der Waals surface area contributed by atoms with E-state index in [9.17, 15) is 4.79 Å². The van der Waals surface area contributed by atoms with Gasteiger partial charge in [0.05, 0.1) is 16.8 Å². The largest absolute Gasteiger partial charge is 0.343 e. The molecule has 0 unspecified atom stereocenters. The van der Waals surface area contributed by atoms with Crippen LogP contribution in [0.5, 0.6) is 0 Å². The lowest BCUT2D eigenvalue weighted by molar-refractivity contribution is -0.128. The predicted octanol–water partition coefficient (Wildman–Crippen LogP) is 0.268. The van der Waals surface area contributed by atoms with Crippen molar-refractivity contribution in [2.75, 3.05) is 13.1 Å². The van der Waals surface area contributed by atoms with Crippen LogP contribution in [0.2, 0.25) is 0 Å². The highest BCUT2D eigenvalue weighted by molar-refractivity contribution is 5.87. The van der Waals surface area contributed by atoms with Gasteiger partial charge in [-0.2, -0.15) is 0 Å². The van der Waals surface area contributed by atoms with Crippen molar-refractivity contribution >= 4 is 5.91 Å². The van der Waals surface area contributed by atoms with Crippen LogP contribution in [0.25, 0.3) is 0 Å². The van der Waals surface area contributed by atoms with Gasteiger partial charge in [-0.15, -0.1) is 0 Å². The third kappa shape index (κ3) is 2.35. The summed E-state index contributed by atoms with van der Waals surface area (Å²) in [7, 11) is 0. The van der Waals surface area contributed by atoms with Crippen molar-refractivity contribution in [3.63, 3.8) is 0 Å². The molecule has 1 aliphatic heterocycles. The number of carbonyl (C=O) groups is 1. The quantitative estimate of drug-likeness (QED) is 0.728. The Balaban J connectivity index is 1.73. The van der Waals surface area contributed by atoms with Crippen molar-refractivity contribution in [2.24, 2.45) is 5.73 Å². The van der Waals surface area contributed by atoms with E-state index in [4.69, 9.17) is 5.73 Å². The lowest BCUT2D eigenvalue weighted by atomic mass is 9.88. The fraction of sp³-hybridized carbons (Fsp3) is 0.571. The second-order valence-electron chi connectivity index (χ2n) is 5.66. The highest BCUT2D eigenvalue weighted by Crippen LogP contribution is 2.44. The highest BCUT2D eigenvalue weighted by Gasteiger charge is 2.49. The Morgan fingerprint density at radius 1 is 1.26 bits per heavy atom. The third-order valence-corrected chi connectivity index (χ3v) is 4.21. The molecule has 1 aromatic rings. The van der Waals surface area contributed by atoms with E-state index in [2.05, 4.69) is 15.6 Å². The number of hydrogen-bond acceptors (Lipinski definition) is 4. The summed E-state index contributed by atoms with van der Waals surface area (Å²) in [4.78, 5) is 16.8. The molecular weight excluding hydrogens is 240 g/mol. The Kier molecular flexibility index (Phi) is 3.03. The summed E-state index contributed by atoms with van der Waals surface area (Å²) in [6.45, 7) is 1.61. The lowest BCUT2D eigenvalue weighted by Crippen LogP contribution is -2.60. The van der Waals surface area contributed by atoms with Crippen LogP contribution < -0.4 is 16.4 Å². The van der Waals surface area contributed by atoms with Gasteiger partial charge >= 0.3 is 0 Å². The molecule has 1 saturated heterocycles. The number of nitrogens with one attached hydrogen (secondary N) is 2. The van der Waals surface area contributed by atoms with E-state index in [1.54, 1.807) is 6.20 Å². The molecule has 4 N–H and O–H groups in total. The molecule has 1 amide bonds. The van der Waals surface area contributed by atoms with Gasteiger partial charge in [0.25, 0.3) is 0 Å². The van der Waals surface area contributed by atoms with Gasteiger partial charge in [0, 0.05) is 6.20 Å². The zero-order valence-electron chi connectivity index (χ0n) is 11.0. The van der Waals surface area contributed by atoms with Crippen molar-refractivity contribution < 1.29 is 4.79 Å². The Hall–Kier alpha value is -1.46.